The van der Waals surface area contributed by atoms with Crippen LogP contribution in [-0.4, -0.2) is 57.0 Å². The lowest BCUT2D eigenvalue weighted by molar-refractivity contribution is -0.130. The molecule has 0 aliphatic carbocycles. The standard InChI is InChI=1S/C21H31N5O2S/c1-17(19(27)24-11-5-2-3-6-12-24)29-21-23-22-20(25-13-7-4-8-14-25)26(21)16-18-10-9-15-28-18/h9-10,15,17H,2-8,11-14,16H2,1H3. The molecule has 1 amide bonds. The van der Waals surface area contributed by atoms with E-state index in [-0.39, 0.29) is 11.2 Å². The average Bonchev–Trinajstić information content (AvgIpc) is 3.31. The number of carbonyl (C=O) groups excluding carboxylic acids is 1. The van der Waals surface area contributed by atoms with E-state index in [1.807, 2.05) is 24.0 Å². The molecule has 8 heteroatoms. The number of anilines is 1. The van der Waals surface area contributed by atoms with Gasteiger partial charge in [0.2, 0.25) is 11.9 Å². The first kappa shape index (κ1) is 20.3. The zero-order valence-electron chi connectivity index (χ0n) is 17.3. The zero-order valence-corrected chi connectivity index (χ0v) is 18.1. The normalized spacial score (nSPS) is 19.2. The second-order valence-electron chi connectivity index (χ2n) is 8.00. The lowest BCUT2D eigenvalue weighted by Gasteiger charge is -2.28. The summed E-state index contributed by atoms with van der Waals surface area (Å²) in [5.74, 6) is 1.97. The second-order valence-corrected chi connectivity index (χ2v) is 9.30. The lowest BCUT2D eigenvalue weighted by atomic mass is 10.1. The fourth-order valence-corrected chi connectivity index (χ4v) is 5.08. The third-order valence-corrected chi connectivity index (χ3v) is 6.85. The van der Waals surface area contributed by atoms with Gasteiger partial charge in [0.25, 0.3) is 0 Å². The van der Waals surface area contributed by atoms with Gasteiger partial charge in [-0.05, 0) is 51.2 Å². The van der Waals surface area contributed by atoms with Gasteiger partial charge in [-0.1, -0.05) is 24.6 Å². The smallest absolute Gasteiger partial charge is 0.235 e. The molecular formula is C21H31N5O2S. The Morgan fingerprint density at radius 1 is 1.07 bits per heavy atom. The van der Waals surface area contributed by atoms with Gasteiger partial charge in [-0.15, -0.1) is 10.2 Å². The number of amides is 1. The van der Waals surface area contributed by atoms with Crippen molar-refractivity contribution in [3.63, 3.8) is 0 Å². The Hall–Kier alpha value is -1.96. The first-order valence-corrected chi connectivity index (χ1v) is 11.8. The van der Waals surface area contributed by atoms with Crippen LogP contribution in [0.4, 0.5) is 5.95 Å². The van der Waals surface area contributed by atoms with E-state index in [9.17, 15) is 4.79 Å². The van der Waals surface area contributed by atoms with Gasteiger partial charge in [-0.25, -0.2) is 0 Å². The maximum atomic E-state index is 13.0. The van der Waals surface area contributed by atoms with Crippen molar-refractivity contribution in [2.45, 2.75) is 68.8 Å². The van der Waals surface area contributed by atoms with E-state index >= 15 is 0 Å². The van der Waals surface area contributed by atoms with E-state index in [1.165, 1.54) is 43.9 Å². The lowest BCUT2D eigenvalue weighted by Crippen LogP contribution is -2.37. The Morgan fingerprint density at radius 2 is 1.76 bits per heavy atom. The number of hydrogen-bond acceptors (Lipinski definition) is 6. The van der Waals surface area contributed by atoms with Crippen molar-refractivity contribution in [3.05, 3.63) is 24.2 Å². The van der Waals surface area contributed by atoms with Crippen molar-refractivity contribution in [1.29, 1.82) is 0 Å². The minimum atomic E-state index is -0.179. The molecule has 0 bridgehead atoms. The van der Waals surface area contributed by atoms with Crippen molar-refractivity contribution in [3.8, 4) is 0 Å². The number of hydrogen-bond donors (Lipinski definition) is 0. The topological polar surface area (TPSA) is 67.4 Å². The monoisotopic (exact) mass is 417 g/mol. The quantitative estimate of drug-likeness (QED) is 0.666. The maximum absolute atomic E-state index is 13.0. The van der Waals surface area contributed by atoms with Crippen molar-refractivity contribution >= 4 is 23.6 Å². The summed E-state index contributed by atoms with van der Waals surface area (Å²) in [5.41, 5.74) is 0. The summed E-state index contributed by atoms with van der Waals surface area (Å²) in [6, 6.07) is 3.87. The van der Waals surface area contributed by atoms with E-state index in [4.69, 9.17) is 4.42 Å². The van der Waals surface area contributed by atoms with Gasteiger partial charge in [0.15, 0.2) is 5.16 Å². The number of piperidine rings is 1. The van der Waals surface area contributed by atoms with Crippen molar-refractivity contribution in [2.75, 3.05) is 31.1 Å². The number of aromatic nitrogens is 3. The van der Waals surface area contributed by atoms with E-state index < -0.39 is 0 Å². The molecule has 158 valence electrons. The second kappa shape index (κ2) is 9.69. The molecule has 2 saturated heterocycles. The molecule has 2 aliphatic rings. The van der Waals surface area contributed by atoms with Gasteiger partial charge in [0.1, 0.15) is 5.76 Å². The fraction of sp³-hybridized carbons (Fsp3) is 0.667. The van der Waals surface area contributed by atoms with Gasteiger partial charge >= 0.3 is 0 Å². The van der Waals surface area contributed by atoms with Crippen LogP contribution in [0, 0.1) is 0 Å². The summed E-state index contributed by atoms with van der Waals surface area (Å²) in [6.45, 7) is 6.33. The molecule has 2 aromatic rings. The molecule has 7 nitrogen and oxygen atoms in total. The largest absolute Gasteiger partial charge is 0.467 e. The number of furan rings is 1. The van der Waals surface area contributed by atoms with E-state index in [1.54, 1.807) is 6.26 Å². The minimum Gasteiger partial charge on any atom is -0.467 e. The van der Waals surface area contributed by atoms with Gasteiger partial charge in [-0.2, -0.15) is 0 Å². The predicted molar refractivity (Wildman–Crippen MR) is 114 cm³/mol. The number of rotatable bonds is 6. The maximum Gasteiger partial charge on any atom is 0.235 e. The first-order chi connectivity index (χ1) is 14.2. The average molecular weight is 418 g/mol. The van der Waals surface area contributed by atoms with Crippen LogP contribution in [0.2, 0.25) is 0 Å². The zero-order chi connectivity index (χ0) is 20.1. The predicted octanol–water partition coefficient (Wildman–Crippen LogP) is 3.79. The highest BCUT2D eigenvalue weighted by Crippen LogP contribution is 2.29. The summed E-state index contributed by atoms with van der Waals surface area (Å²) in [5, 5.41) is 9.60. The fourth-order valence-electron chi connectivity index (χ4n) is 4.15. The molecule has 2 aliphatic heterocycles. The molecule has 1 atom stereocenters. The van der Waals surface area contributed by atoms with Crippen LogP contribution < -0.4 is 4.90 Å². The minimum absolute atomic E-state index is 0.179. The first-order valence-electron chi connectivity index (χ1n) is 10.9. The number of nitrogens with zero attached hydrogens (tertiary/aromatic N) is 5. The molecule has 1 unspecified atom stereocenters. The number of likely N-dealkylation sites (tertiary alicyclic amines) is 1. The molecule has 0 spiro atoms. The summed E-state index contributed by atoms with van der Waals surface area (Å²) >= 11 is 1.52. The summed E-state index contributed by atoms with van der Waals surface area (Å²) in [7, 11) is 0. The van der Waals surface area contributed by atoms with Crippen molar-refractivity contribution in [2.24, 2.45) is 0 Å². The van der Waals surface area contributed by atoms with Crippen molar-refractivity contribution in [1.82, 2.24) is 19.7 Å². The van der Waals surface area contributed by atoms with Gasteiger partial charge < -0.3 is 14.2 Å². The Kier molecular flexibility index (Phi) is 6.79. The highest BCUT2D eigenvalue weighted by Gasteiger charge is 2.27. The molecule has 0 radical (unpaired) electrons. The van der Waals surface area contributed by atoms with Crippen LogP contribution in [-0.2, 0) is 11.3 Å². The Morgan fingerprint density at radius 3 is 2.45 bits per heavy atom. The molecule has 4 rings (SSSR count). The van der Waals surface area contributed by atoms with Gasteiger partial charge in [-0.3, -0.25) is 9.36 Å². The van der Waals surface area contributed by atoms with Crippen LogP contribution in [0.25, 0.3) is 0 Å². The molecule has 0 aromatic carbocycles. The van der Waals surface area contributed by atoms with Crippen LogP contribution in [0.15, 0.2) is 28.0 Å². The molecule has 0 N–H and O–H groups in total. The molecule has 4 heterocycles. The summed E-state index contributed by atoms with van der Waals surface area (Å²) in [4.78, 5) is 17.4. The van der Waals surface area contributed by atoms with Crippen molar-refractivity contribution < 1.29 is 9.21 Å². The third-order valence-electron chi connectivity index (χ3n) is 5.78. The van der Waals surface area contributed by atoms with E-state index in [0.717, 1.165) is 55.9 Å². The van der Waals surface area contributed by atoms with Gasteiger partial charge in [0.05, 0.1) is 18.1 Å². The Bertz CT molecular complexity index is 777. The number of carbonyl (C=O) groups is 1. The van der Waals surface area contributed by atoms with Crippen LogP contribution in [0.5, 0.6) is 0 Å². The van der Waals surface area contributed by atoms with E-state index in [0.29, 0.717) is 6.54 Å². The third kappa shape index (κ3) is 4.97. The van der Waals surface area contributed by atoms with Crippen LogP contribution in [0.1, 0.15) is 57.6 Å². The van der Waals surface area contributed by atoms with E-state index in [2.05, 4.69) is 19.7 Å². The Labute approximate surface area is 176 Å². The number of thioether (sulfide) groups is 1. The molecule has 2 aromatic heterocycles. The molecular weight excluding hydrogens is 386 g/mol. The molecule has 0 saturated carbocycles. The van der Waals surface area contributed by atoms with Crippen LogP contribution in [0.3, 0.4) is 0 Å². The van der Waals surface area contributed by atoms with Gasteiger partial charge in [0, 0.05) is 26.2 Å². The highest BCUT2D eigenvalue weighted by atomic mass is 32.2. The summed E-state index contributed by atoms with van der Waals surface area (Å²) < 4.78 is 7.70. The van der Waals surface area contributed by atoms with Crippen LogP contribution >= 0.6 is 11.8 Å². The highest BCUT2D eigenvalue weighted by molar-refractivity contribution is 8.00. The summed E-state index contributed by atoms with van der Waals surface area (Å²) in [6.07, 6.45) is 9.99. The SMILES string of the molecule is CC(Sc1nnc(N2CCCCC2)n1Cc1ccco1)C(=O)N1CCCCCC1. The molecule has 29 heavy (non-hydrogen) atoms. The molecule has 2 fully saturated rings. The Balaban J connectivity index is 1.52.